The third kappa shape index (κ3) is 2.97. The molecule has 0 bridgehead atoms. The topological polar surface area (TPSA) is 43.4 Å². The van der Waals surface area contributed by atoms with Crippen molar-refractivity contribution in [3.8, 4) is 0 Å². The number of carbonyl (C=O) groups is 2. The second kappa shape index (κ2) is 5.80. The summed E-state index contributed by atoms with van der Waals surface area (Å²) in [5.41, 5.74) is 1.22. The van der Waals surface area contributed by atoms with E-state index in [4.69, 9.17) is 0 Å². The van der Waals surface area contributed by atoms with E-state index in [0.717, 1.165) is 12.8 Å². The normalized spacial score (nSPS) is 23.7. The van der Waals surface area contributed by atoms with Gasteiger partial charge in [-0.3, -0.25) is 9.59 Å². The zero-order valence-electron chi connectivity index (χ0n) is 10.6. The molecule has 0 aliphatic heterocycles. The zero-order valence-corrected chi connectivity index (χ0v) is 10.6. The highest BCUT2D eigenvalue weighted by molar-refractivity contribution is 5.86. The lowest BCUT2D eigenvalue weighted by atomic mass is 9.77. The van der Waals surface area contributed by atoms with Crippen LogP contribution in [0.15, 0.2) is 30.3 Å². The molecule has 0 amide bonds. The third-order valence-electron chi connectivity index (χ3n) is 3.68. The molecular weight excluding hydrogens is 228 g/mol. The first-order chi connectivity index (χ1) is 8.70. The minimum absolute atomic E-state index is 0.141. The van der Waals surface area contributed by atoms with Gasteiger partial charge in [0.05, 0.1) is 13.5 Å². The maximum Gasteiger partial charge on any atom is 0.306 e. The van der Waals surface area contributed by atoms with Crippen molar-refractivity contribution in [2.45, 2.75) is 31.6 Å². The van der Waals surface area contributed by atoms with Crippen molar-refractivity contribution in [2.24, 2.45) is 5.92 Å². The first-order valence-corrected chi connectivity index (χ1v) is 6.35. The van der Waals surface area contributed by atoms with Crippen LogP contribution in [0.5, 0.6) is 0 Å². The monoisotopic (exact) mass is 246 g/mol. The maximum absolute atomic E-state index is 12.0. The Morgan fingerprint density at radius 3 is 2.61 bits per heavy atom. The molecule has 2 atom stereocenters. The molecule has 0 aromatic heterocycles. The molecule has 1 aromatic carbocycles. The van der Waals surface area contributed by atoms with Crippen LogP contribution in [0, 0.1) is 5.92 Å². The summed E-state index contributed by atoms with van der Waals surface area (Å²) in [6.45, 7) is 0. The summed E-state index contributed by atoms with van der Waals surface area (Å²) >= 11 is 0. The van der Waals surface area contributed by atoms with Gasteiger partial charge in [-0.2, -0.15) is 0 Å². The largest absolute Gasteiger partial charge is 0.469 e. The van der Waals surface area contributed by atoms with Gasteiger partial charge < -0.3 is 4.74 Å². The summed E-state index contributed by atoms with van der Waals surface area (Å²) in [6, 6.07) is 10.1. The minimum atomic E-state index is -0.286. The van der Waals surface area contributed by atoms with Crippen molar-refractivity contribution in [1.29, 1.82) is 0 Å². The molecule has 3 nitrogen and oxygen atoms in total. The molecule has 1 aromatic rings. The zero-order chi connectivity index (χ0) is 13.0. The van der Waals surface area contributed by atoms with Gasteiger partial charge in [-0.1, -0.05) is 30.3 Å². The summed E-state index contributed by atoms with van der Waals surface area (Å²) in [6.07, 6.45) is 2.54. The quantitative estimate of drug-likeness (QED) is 0.770. The Balaban J connectivity index is 1.96. The molecule has 1 saturated carbocycles. The smallest absolute Gasteiger partial charge is 0.306 e. The van der Waals surface area contributed by atoms with E-state index in [-0.39, 0.29) is 24.1 Å². The molecule has 1 fully saturated rings. The van der Waals surface area contributed by atoms with Crippen molar-refractivity contribution in [1.82, 2.24) is 0 Å². The van der Waals surface area contributed by atoms with Crippen LogP contribution in [-0.2, 0) is 14.3 Å². The number of rotatable bonds is 3. The van der Waals surface area contributed by atoms with Gasteiger partial charge in [0.1, 0.15) is 5.78 Å². The van der Waals surface area contributed by atoms with Crippen molar-refractivity contribution in [3.05, 3.63) is 35.9 Å². The fourth-order valence-corrected chi connectivity index (χ4v) is 2.59. The van der Waals surface area contributed by atoms with Gasteiger partial charge >= 0.3 is 5.97 Å². The SMILES string of the molecule is COC(=O)CC1CCC(c2ccccc2)CC1=O. The first kappa shape index (κ1) is 12.8. The highest BCUT2D eigenvalue weighted by Gasteiger charge is 2.30. The number of hydrogen-bond donors (Lipinski definition) is 0. The molecule has 96 valence electrons. The van der Waals surface area contributed by atoms with E-state index in [1.165, 1.54) is 12.7 Å². The fraction of sp³-hybridized carbons (Fsp3) is 0.467. The average molecular weight is 246 g/mol. The Hall–Kier alpha value is -1.64. The number of Topliss-reactive ketones (excluding diaryl/α,β-unsaturated/α-hetero) is 1. The van der Waals surface area contributed by atoms with Crippen LogP contribution in [0.3, 0.4) is 0 Å². The molecule has 1 aliphatic rings. The summed E-state index contributed by atoms with van der Waals surface area (Å²) in [7, 11) is 1.36. The maximum atomic E-state index is 12.0. The first-order valence-electron chi connectivity index (χ1n) is 6.35. The van der Waals surface area contributed by atoms with E-state index >= 15 is 0 Å². The van der Waals surface area contributed by atoms with E-state index < -0.39 is 0 Å². The van der Waals surface area contributed by atoms with Crippen molar-refractivity contribution >= 4 is 11.8 Å². The molecule has 0 radical (unpaired) electrons. The fourth-order valence-electron chi connectivity index (χ4n) is 2.59. The van der Waals surface area contributed by atoms with Gasteiger partial charge in [-0.15, -0.1) is 0 Å². The van der Waals surface area contributed by atoms with Crippen LogP contribution in [0.4, 0.5) is 0 Å². The highest BCUT2D eigenvalue weighted by Crippen LogP contribution is 2.34. The Labute approximate surface area is 107 Å². The van der Waals surface area contributed by atoms with Gasteiger partial charge in [-0.05, 0) is 24.3 Å². The number of benzene rings is 1. The standard InChI is InChI=1S/C15H18O3/c1-18-15(17)10-13-8-7-12(9-14(13)16)11-5-3-2-4-6-11/h2-6,12-13H,7-10H2,1H3. The molecule has 2 rings (SSSR count). The van der Waals surface area contributed by atoms with Crippen LogP contribution in [0.2, 0.25) is 0 Å². The molecule has 3 heteroatoms. The molecule has 0 saturated heterocycles. The van der Waals surface area contributed by atoms with Crippen molar-refractivity contribution in [2.75, 3.05) is 7.11 Å². The van der Waals surface area contributed by atoms with E-state index in [1.807, 2.05) is 18.2 Å². The molecule has 1 aliphatic carbocycles. The molecule has 0 N–H and O–H groups in total. The predicted molar refractivity (Wildman–Crippen MR) is 68.2 cm³/mol. The lowest BCUT2D eigenvalue weighted by molar-refractivity contribution is -0.144. The van der Waals surface area contributed by atoms with E-state index in [0.29, 0.717) is 12.3 Å². The summed E-state index contributed by atoms with van der Waals surface area (Å²) in [5.74, 6) is 0.0806. The Kier molecular flexibility index (Phi) is 4.13. The molecule has 2 unspecified atom stereocenters. The average Bonchev–Trinajstić information content (AvgIpc) is 2.42. The molecule has 0 heterocycles. The van der Waals surface area contributed by atoms with Crippen LogP contribution in [0.25, 0.3) is 0 Å². The number of esters is 1. The second-order valence-corrected chi connectivity index (χ2v) is 4.83. The van der Waals surface area contributed by atoms with E-state index in [1.54, 1.807) is 0 Å². The van der Waals surface area contributed by atoms with Crippen LogP contribution < -0.4 is 0 Å². The second-order valence-electron chi connectivity index (χ2n) is 4.83. The molecule has 0 spiro atoms. The lowest BCUT2D eigenvalue weighted by Crippen LogP contribution is -2.26. The molecule has 18 heavy (non-hydrogen) atoms. The van der Waals surface area contributed by atoms with Crippen LogP contribution >= 0.6 is 0 Å². The Bertz CT molecular complexity index is 425. The predicted octanol–water partition coefficient (Wildman–Crippen LogP) is 2.70. The summed E-state index contributed by atoms with van der Waals surface area (Å²) in [5, 5.41) is 0. The van der Waals surface area contributed by atoms with Gasteiger partial charge in [-0.25, -0.2) is 0 Å². The number of methoxy groups -OCH3 is 1. The van der Waals surface area contributed by atoms with Gasteiger partial charge in [0.25, 0.3) is 0 Å². The Morgan fingerprint density at radius 2 is 2.00 bits per heavy atom. The van der Waals surface area contributed by atoms with E-state index in [9.17, 15) is 9.59 Å². The minimum Gasteiger partial charge on any atom is -0.469 e. The van der Waals surface area contributed by atoms with Gasteiger partial charge in [0.15, 0.2) is 0 Å². The summed E-state index contributed by atoms with van der Waals surface area (Å²) < 4.78 is 4.62. The lowest BCUT2D eigenvalue weighted by Gasteiger charge is -2.27. The third-order valence-corrected chi connectivity index (χ3v) is 3.68. The highest BCUT2D eigenvalue weighted by atomic mass is 16.5. The van der Waals surface area contributed by atoms with E-state index in [2.05, 4.69) is 16.9 Å². The van der Waals surface area contributed by atoms with Crippen molar-refractivity contribution < 1.29 is 14.3 Å². The number of ether oxygens (including phenoxy) is 1. The van der Waals surface area contributed by atoms with Crippen LogP contribution in [-0.4, -0.2) is 18.9 Å². The number of ketones is 1. The Morgan fingerprint density at radius 1 is 1.28 bits per heavy atom. The molecular formula is C15H18O3. The van der Waals surface area contributed by atoms with Crippen molar-refractivity contribution in [3.63, 3.8) is 0 Å². The number of carbonyl (C=O) groups excluding carboxylic acids is 2. The summed E-state index contributed by atoms with van der Waals surface area (Å²) in [4.78, 5) is 23.2. The number of hydrogen-bond acceptors (Lipinski definition) is 3. The van der Waals surface area contributed by atoms with Gasteiger partial charge in [0, 0.05) is 12.3 Å². The van der Waals surface area contributed by atoms with Crippen LogP contribution in [0.1, 0.15) is 37.2 Å². The van der Waals surface area contributed by atoms with Gasteiger partial charge in [0.2, 0.25) is 0 Å².